The third-order valence-electron chi connectivity index (χ3n) is 1.51. The summed E-state index contributed by atoms with van der Waals surface area (Å²) >= 11 is 3.18. The van der Waals surface area contributed by atoms with E-state index in [-0.39, 0.29) is 30.5 Å². The first-order chi connectivity index (χ1) is 6.66. The molecule has 2 N–H and O–H groups in total. The van der Waals surface area contributed by atoms with E-state index in [0.29, 0.717) is 11.0 Å². The monoisotopic (exact) mass is 296 g/mol. The summed E-state index contributed by atoms with van der Waals surface area (Å²) in [5.74, 6) is 0.225. The van der Waals surface area contributed by atoms with Crippen LogP contribution in [0.15, 0.2) is 22.7 Å². The number of halogens is 2. The first-order valence-corrected chi connectivity index (χ1v) is 4.72. The Hall–Kier alpha value is -0.850. The van der Waals surface area contributed by atoms with E-state index in [9.17, 15) is 10.1 Å². The van der Waals surface area contributed by atoms with Gasteiger partial charge in [0.2, 0.25) is 5.75 Å². The minimum Gasteiger partial charge on any atom is -0.485 e. The van der Waals surface area contributed by atoms with E-state index >= 15 is 0 Å². The zero-order valence-electron chi connectivity index (χ0n) is 7.68. The quantitative estimate of drug-likeness (QED) is 0.682. The number of nitrogens with two attached hydrogens (primary N) is 1. The maximum absolute atomic E-state index is 10.6. The number of ether oxygens (including phenoxy) is 1. The lowest BCUT2D eigenvalue weighted by molar-refractivity contribution is -0.385. The summed E-state index contributed by atoms with van der Waals surface area (Å²) in [5.41, 5.74) is 5.18. The number of rotatable bonds is 4. The van der Waals surface area contributed by atoms with Crippen molar-refractivity contribution >= 4 is 34.0 Å². The summed E-state index contributed by atoms with van der Waals surface area (Å²) in [6.07, 6.45) is 0. The smallest absolute Gasteiger partial charge is 0.312 e. The third kappa shape index (κ3) is 3.65. The molecule has 0 saturated heterocycles. The highest BCUT2D eigenvalue weighted by Crippen LogP contribution is 2.34. The Morgan fingerprint density at radius 2 is 2.20 bits per heavy atom. The van der Waals surface area contributed by atoms with Crippen molar-refractivity contribution in [2.24, 2.45) is 5.73 Å². The molecule has 0 radical (unpaired) electrons. The van der Waals surface area contributed by atoms with Gasteiger partial charge in [-0.15, -0.1) is 12.4 Å². The number of para-hydroxylation sites is 1. The molecule has 0 unspecified atom stereocenters. The van der Waals surface area contributed by atoms with Gasteiger partial charge in [-0.25, -0.2) is 0 Å². The molecular weight excluding hydrogens is 287 g/mol. The van der Waals surface area contributed by atoms with E-state index in [0.717, 1.165) is 0 Å². The Kier molecular flexibility index (Phi) is 6.23. The molecule has 1 aromatic carbocycles. The van der Waals surface area contributed by atoms with E-state index in [2.05, 4.69) is 15.9 Å². The summed E-state index contributed by atoms with van der Waals surface area (Å²) in [5, 5.41) is 10.6. The Bertz CT molecular complexity index is 349. The normalized spacial score (nSPS) is 9.20. The zero-order valence-corrected chi connectivity index (χ0v) is 10.1. The maximum Gasteiger partial charge on any atom is 0.312 e. The van der Waals surface area contributed by atoms with Crippen molar-refractivity contribution in [2.75, 3.05) is 13.2 Å². The molecule has 0 spiro atoms. The zero-order chi connectivity index (χ0) is 10.6. The summed E-state index contributed by atoms with van der Waals surface area (Å²) in [6.45, 7) is 0.571. The van der Waals surface area contributed by atoms with Gasteiger partial charge in [0.25, 0.3) is 0 Å². The highest BCUT2D eigenvalue weighted by Gasteiger charge is 2.17. The van der Waals surface area contributed by atoms with Crippen molar-refractivity contribution in [3.8, 4) is 5.75 Å². The van der Waals surface area contributed by atoms with Gasteiger partial charge in [0.05, 0.1) is 9.40 Å². The topological polar surface area (TPSA) is 78.4 Å². The number of nitrogens with zero attached hydrogens (tertiary/aromatic N) is 1. The summed E-state index contributed by atoms with van der Waals surface area (Å²) in [6, 6.07) is 4.65. The van der Waals surface area contributed by atoms with Gasteiger partial charge in [-0.3, -0.25) is 10.1 Å². The molecule has 1 aromatic rings. The fourth-order valence-electron chi connectivity index (χ4n) is 0.945. The van der Waals surface area contributed by atoms with Crippen molar-refractivity contribution in [1.82, 2.24) is 0 Å². The molecule has 0 bridgehead atoms. The van der Waals surface area contributed by atoms with E-state index in [4.69, 9.17) is 10.5 Å². The Balaban J connectivity index is 0.00000196. The summed E-state index contributed by atoms with van der Waals surface area (Å²) < 4.78 is 5.72. The average Bonchev–Trinajstić information content (AvgIpc) is 2.15. The molecule has 0 amide bonds. The molecule has 0 saturated carbocycles. The molecule has 7 heteroatoms. The second kappa shape index (κ2) is 6.60. The number of benzene rings is 1. The molecule has 0 fully saturated rings. The largest absolute Gasteiger partial charge is 0.485 e. The van der Waals surface area contributed by atoms with Gasteiger partial charge in [0.1, 0.15) is 6.61 Å². The molecule has 15 heavy (non-hydrogen) atoms. The van der Waals surface area contributed by atoms with Crippen molar-refractivity contribution in [3.05, 3.63) is 32.8 Å². The Morgan fingerprint density at radius 1 is 1.53 bits per heavy atom. The van der Waals surface area contributed by atoms with Gasteiger partial charge in [-0.05, 0) is 22.0 Å². The van der Waals surface area contributed by atoms with Gasteiger partial charge >= 0.3 is 5.69 Å². The fourth-order valence-corrected chi connectivity index (χ4v) is 1.42. The van der Waals surface area contributed by atoms with Gasteiger partial charge in [0.15, 0.2) is 0 Å². The van der Waals surface area contributed by atoms with E-state index in [1.807, 2.05) is 0 Å². The molecular formula is C8H10BrClN2O3. The second-order valence-corrected chi connectivity index (χ2v) is 3.34. The highest BCUT2D eigenvalue weighted by atomic mass is 79.9. The van der Waals surface area contributed by atoms with Crippen molar-refractivity contribution in [3.63, 3.8) is 0 Å². The van der Waals surface area contributed by atoms with Crippen LogP contribution in [0.5, 0.6) is 5.75 Å². The standard InChI is InChI=1S/C8H9BrN2O3.ClH/c9-6-2-1-3-7(11(12)13)8(6)14-5-4-10;/h1-3H,4-5,10H2;1H. The van der Waals surface area contributed by atoms with E-state index < -0.39 is 4.92 Å². The van der Waals surface area contributed by atoms with Gasteiger partial charge in [-0.2, -0.15) is 0 Å². The lowest BCUT2D eigenvalue weighted by atomic mass is 10.3. The molecule has 0 aliphatic heterocycles. The molecule has 1 rings (SSSR count). The summed E-state index contributed by atoms with van der Waals surface area (Å²) in [7, 11) is 0. The third-order valence-corrected chi connectivity index (χ3v) is 2.13. The van der Waals surface area contributed by atoms with Crippen LogP contribution in [-0.4, -0.2) is 18.1 Å². The van der Waals surface area contributed by atoms with Crippen LogP contribution in [0.1, 0.15) is 0 Å². The van der Waals surface area contributed by atoms with Crippen LogP contribution < -0.4 is 10.5 Å². The van der Waals surface area contributed by atoms with E-state index in [1.165, 1.54) is 6.07 Å². The first kappa shape index (κ1) is 14.2. The molecule has 84 valence electrons. The molecule has 0 aromatic heterocycles. The number of hydrogen-bond acceptors (Lipinski definition) is 4. The highest BCUT2D eigenvalue weighted by molar-refractivity contribution is 9.10. The Labute approximate surface area is 101 Å². The van der Waals surface area contributed by atoms with Crippen LogP contribution in [0.3, 0.4) is 0 Å². The summed E-state index contributed by atoms with van der Waals surface area (Å²) in [4.78, 5) is 10.1. The fraction of sp³-hybridized carbons (Fsp3) is 0.250. The van der Waals surface area contributed by atoms with Gasteiger partial charge < -0.3 is 10.5 Å². The lowest BCUT2D eigenvalue weighted by Crippen LogP contribution is -2.11. The molecule has 0 aliphatic carbocycles. The van der Waals surface area contributed by atoms with Crippen LogP contribution in [0, 0.1) is 10.1 Å². The Morgan fingerprint density at radius 3 is 2.73 bits per heavy atom. The SMILES string of the molecule is Cl.NCCOc1c(Br)cccc1[N+](=O)[O-]. The average molecular weight is 298 g/mol. The predicted molar refractivity (Wildman–Crippen MR) is 62.6 cm³/mol. The number of nitro benzene ring substituents is 1. The van der Waals surface area contributed by atoms with Crippen molar-refractivity contribution in [1.29, 1.82) is 0 Å². The lowest BCUT2D eigenvalue weighted by Gasteiger charge is -2.06. The molecule has 5 nitrogen and oxygen atoms in total. The van der Waals surface area contributed by atoms with E-state index in [1.54, 1.807) is 12.1 Å². The minimum atomic E-state index is -0.489. The maximum atomic E-state index is 10.6. The van der Waals surface area contributed by atoms with Gasteiger partial charge in [0, 0.05) is 12.6 Å². The molecule has 0 atom stereocenters. The van der Waals surface area contributed by atoms with Crippen molar-refractivity contribution in [2.45, 2.75) is 0 Å². The van der Waals surface area contributed by atoms with Gasteiger partial charge in [-0.1, -0.05) is 6.07 Å². The minimum absolute atomic E-state index is 0. The predicted octanol–water partition coefficient (Wildman–Crippen LogP) is 2.12. The number of nitro groups is 1. The van der Waals surface area contributed by atoms with Crippen LogP contribution >= 0.6 is 28.3 Å². The number of hydrogen-bond donors (Lipinski definition) is 1. The second-order valence-electron chi connectivity index (χ2n) is 2.48. The van der Waals surface area contributed by atoms with Crippen LogP contribution in [-0.2, 0) is 0 Å². The molecule has 0 heterocycles. The molecule has 0 aliphatic rings. The van der Waals surface area contributed by atoms with Crippen molar-refractivity contribution < 1.29 is 9.66 Å². The van der Waals surface area contributed by atoms with Crippen LogP contribution in [0.4, 0.5) is 5.69 Å². The van der Waals surface area contributed by atoms with Crippen LogP contribution in [0.2, 0.25) is 0 Å². The van der Waals surface area contributed by atoms with Crippen LogP contribution in [0.25, 0.3) is 0 Å². The first-order valence-electron chi connectivity index (χ1n) is 3.92.